The van der Waals surface area contributed by atoms with Crippen molar-refractivity contribution in [3.05, 3.63) is 65.2 Å². The molecule has 0 heterocycles. The molecular formula is C18H16N2O3. The van der Waals surface area contributed by atoms with Crippen molar-refractivity contribution >= 4 is 17.6 Å². The Morgan fingerprint density at radius 1 is 1.00 bits per heavy atom. The lowest BCUT2D eigenvalue weighted by atomic mass is 10.1. The van der Waals surface area contributed by atoms with Gasteiger partial charge in [-0.25, -0.2) is 4.79 Å². The molecule has 5 nitrogen and oxygen atoms in total. The Balaban J connectivity index is 2.04. The number of hydrogen-bond donors (Lipinski definition) is 1. The van der Waals surface area contributed by atoms with Crippen LogP contribution in [-0.2, 0) is 4.74 Å². The number of carbonyl (C=O) groups excluding carboxylic acids is 2. The fourth-order valence-electron chi connectivity index (χ4n) is 1.87. The second kappa shape index (κ2) is 7.23. The fourth-order valence-corrected chi connectivity index (χ4v) is 1.87. The summed E-state index contributed by atoms with van der Waals surface area (Å²) < 4.78 is 5.10. The van der Waals surface area contributed by atoms with Crippen molar-refractivity contribution in [2.45, 2.75) is 20.0 Å². The Kier molecular flexibility index (Phi) is 5.11. The van der Waals surface area contributed by atoms with E-state index >= 15 is 0 Å². The van der Waals surface area contributed by atoms with Gasteiger partial charge in [0, 0.05) is 11.3 Å². The highest BCUT2D eigenvalue weighted by atomic mass is 16.5. The van der Waals surface area contributed by atoms with Crippen molar-refractivity contribution in [3.8, 4) is 6.07 Å². The molecular weight excluding hydrogens is 292 g/mol. The molecule has 0 unspecified atom stereocenters. The van der Waals surface area contributed by atoms with Crippen molar-refractivity contribution in [3.63, 3.8) is 0 Å². The van der Waals surface area contributed by atoms with Gasteiger partial charge in [-0.2, -0.15) is 5.26 Å². The molecule has 1 N–H and O–H groups in total. The van der Waals surface area contributed by atoms with Crippen molar-refractivity contribution < 1.29 is 14.3 Å². The minimum Gasteiger partial charge on any atom is -0.459 e. The second-order valence-electron chi connectivity index (χ2n) is 5.17. The molecule has 23 heavy (non-hydrogen) atoms. The average molecular weight is 308 g/mol. The van der Waals surface area contributed by atoms with Gasteiger partial charge in [-0.3, -0.25) is 4.79 Å². The Morgan fingerprint density at radius 3 is 2.09 bits per heavy atom. The molecule has 0 aliphatic carbocycles. The summed E-state index contributed by atoms with van der Waals surface area (Å²) in [6, 6.07) is 14.8. The van der Waals surface area contributed by atoms with E-state index < -0.39 is 5.97 Å². The van der Waals surface area contributed by atoms with E-state index in [2.05, 4.69) is 5.32 Å². The molecule has 0 aliphatic rings. The van der Waals surface area contributed by atoms with E-state index in [4.69, 9.17) is 10.00 Å². The molecule has 0 bridgehead atoms. The van der Waals surface area contributed by atoms with Gasteiger partial charge in [0.2, 0.25) is 0 Å². The zero-order chi connectivity index (χ0) is 16.8. The topological polar surface area (TPSA) is 79.2 Å². The number of amides is 1. The van der Waals surface area contributed by atoms with Gasteiger partial charge >= 0.3 is 5.97 Å². The number of rotatable bonds is 4. The molecule has 5 heteroatoms. The molecule has 2 aromatic carbocycles. The van der Waals surface area contributed by atoms with Gasteiger partial charge in [0.05, 0.1) is 23.3 Å². The average Bonchev–Trinajstić information content (AvgIpc) is 2.55. The molecule has 116 valence electrons. The predicted octanol–water partition coefficient (Wildman–Crippen LogP) is 3.38. The van der Waals surface area contributed by atoms with Crippen LogP contribution in [0.25, 0.3) is 0 Å². The quantitative estimate of drug-likeness (QED) is 0.878. The molecule has 0 saturated carbocycles. The van der Waals surface area contributed by atoms with E-state index in [-0.39, 0.29) is 12.0 Å². The zero-order valence-electron chi connectivity index (χ0n) is 12.9. The Labute approximate surface area is 134 Å². The zero-order valence-corrected chi connectivity index (χ0v) is 12.9. The summed E-state index contributed by atoms with van der Waals surface area (Å²) in [5.74, 6) is -0.683. The first kappa shape index (κ1) is 16.2. The lowest BCUT2D eigenvalue weighted by Gasteiger charge is -2.09. The van der Waals surface area contributed by atoms with E-state index in [9.17, 15) is 9.59 Å². The van der Waals surface area contributed by atoms with Gasteiger partial charge in [0.25, 0.3) is 5.91 Å². The SMILES string of the molecule is CC(C)OC(=O)c1ccc(NC(=O)c2ccc(C#N)cc2)cc1. The smallest absolute Gasteiger partial charge is 0.338 e. The van der Waals surface area contributed by atoms with E-state index in [1.54, 1.807) is 62.4 Å². The summed E-state index contributed by atoms with van der Waals surface area (Å²) in [6.45, 7) is 3.56. The maximum Gasteiger partial charge on any atom is 0.338 e. The lowest BCUT2D eigenvalue weighted by Crippen LogP contribution is -2.13. The number of ether oxygens (including phenoxy) is 1. The summed E-state index contributed by atoms with van der Waals surface area (Å²) in [7, 11) is 0. The fraction of sp³-hybridized carbons (Fsp3) is 0.167. The summed E-state index contributed by atoms with van der Waals surface area (Å²) in [5, 5.41) is 11.5. The van der Waals surface area contributed by atoms with Gasteiger partial charge in [0.1, 0.15) is 0 Å². The number of nitrogens with zero attached hydrogens (tertiary/aromatic N) is 1. The molecule has 0 aliphatic heterocycles. The standard InChI is InChI=1S/C18H16N2O3/c1-12(2)23-18(22)15-7-9-16(10-8-15)20-17(21)14-5-3-13(11-19)4-6-14/h3-10,12H,1-2H3,(H,20,21). The summed E-state index contributed by atoms with van der Waals surface area (Å²) >= 11 is 0. The number of hydrogen-bond acceptors (Lipinski definition) is 4. The van der Waals surface area contributed by atoms with E-state index in [1.807, 2.05) is 6.07 Å². The molecule has 0 radical (unpaired) electrons. The van der Waals surface area contributed by atoms with Crippen molar-refractivity contribution in [2.24, 2.45) is 0 Å². The molecule has 1 amide bonds. The Hall–Kier alpha value is -3.13. The van der Waals surface area contributed by atoms with E-state index in [1.165, 1.54) is 0 Å². The maximum absolute atomic E-state index is 12.1. The highest BCUT2D eigenvalue weighted by Crippen LogP contribution is 2.13. The monoisotopic (exact) mass is 308 g/mol. The van der Waals surface area contributed by atoms with Crippen molar-refractivity contribution in [2.75, 3.05) is 5.32 Å². The van der Waals surface area contributed by atoms with Gasteiger partial charge < -0.3 is 10.1 Å². The van der Waals surface area contributed by atoms with Gasteiger partial charge in [-0.15, -0.1) is 0 Å². The number of anilines is 1. The summed E-state index contributed by atoms with van der Waals surface area (Å²) in [4.78, 5) is 23.8. The van der Waals surface area contributed by atoms with Crippen LogP contribution in [0, 0.1) is 11.3 Å². The third-order valence-electron chi connectivity index (χ3n) is 3.00. The third kappa shape index (κ3) is 4.42. The lowest BCUT2D eigenvalue weighted by molar-refractivity contribution is 0.0378. The summed E-state index contributed by atoms with van der Waals surface area (Å²) in [5.41, 5.74) is 1.94. The predicted molar refractivity (Wildman–Crippen MR) is 86.1 cm³/mol. The van der Waals surface area contributed by atoms with E-state index in [0.29, 0.717) is 22.4 Å². The third-order valence-corrected chi connectivity index (χ3v) is 3.00. The number of benzene rings is 2. The number of nitriles is 1. The van der Waals surface area contributed by atoms with Crippen molar-refractivity contribution in [1.29, 1.82) is 5.26 Å². The Bertz CT molecular complexity index is 741. The van der Waals surface area contributed by atoms with E-state index in [0.717, 1.165) is 0 Å². The highest BCUT2D eigenvalue weighted by molar-refractivity contribution is 6.04. The van der Waals surface area contributed by atoms with Gasteiger partial charge in [0.15, 0.2) is 0 Å². The molecule has 0 aromatic heterocycles. The van der Waals surface area contributed by atoms with Crippen LogP contribution in [0.2, 0.25) is 0 Å². The molecule has 0 saturated heterocycles. The molecule has 2 rings (SSSR count). The van der Waals surface area contributed by atoms with Crippen LogP contribution < -0.4 is 5.32 Å². The first-order valence-corrected chi connectivity index (χ1v) is 7.12. The largest absolute Gasteiger partial charge is 0.459 e. The minimum atomic E-state index is -0.398. The number of esters is 1. The molecule has 2 aromatic rings. The molecule has 0 fully saturated rings. The van der Waals surface area contributed by atoms with Crippen molar-refractivity contribution in [1.82, 2.24) is 0 Å². The van der Waals surface area contributed by atoms with Gasteiger partial charge in [-0.05, 0) is 62.4 Å². The van der Waals surface area contributed by atoms with Crippen LogP contribution in [-0.4, -0.2) is 18.0 Å². The normalized spacial score (nSPS) is 10.0. The van der Waals surface area contributed by atoms with Crippen LogP contribution >= 0.6 is 0 Å². The van der Waals surface area contributed by atoms with Crippen LogP contribution in [0.15, 0.2) is 48.5 Å². The molecule has 0 atom stereocenters. The Morgan fingerprint density at radius 2 is 1.57 bits per heavy atom. The van der Waals surface area contributed by atoms with Crippen LogP contribution in [0.4, 0.5) is 5.69 Å². The minimum absolute atomic E-state index is 0.182. The highest BCUT2D eigenvalue weighted by Gasteiger charge is 2.10. The number of carbonyl (C=O) groups is 2. The van der Waals surface area contributed by atoms with Gasteiger partial charge in [-0.1, -0.05) is 0 Å². The maximum atomic E-state index is 12.1. The summed E-state index contributed by atoms with van der Waals surface area (Å²) in [6.07, 6.45) is -0.182. The number of nitrogens with one attached hydrogen (secondary N) is 1. The second-order valence-corrected chi connectivity index (χ2v) is 5.17. The first-order chi connectivity index (χ1) is 11.0. The van der Waals surface area contributed by atoms with Crippen LogP contribution in [0.1, 0.15) is 40.1 Å². The molecule has 0 spiro atoms. The van der Waals surface area contributed by atoms with Crippen LogP contribution in [0.3, 0.4) is 0 Å². The van der Waals surface area contributed by atoms with Crippen LogP contribution in [0.5, 0.6) is 0 Å². The first-order valence-electron chi connectivity index (χ1n) is 7.12.